The number of amides is 1. The van der Waals surface area contributed by atoms with Crippen molar-refractivity contribution in [3.63, 3.8) is 0 Å². The second kappa shape index (κ2) is 7.77. The molecule has 1 amide bonds. The monoisotopic (exact) mass is 350 g/mol. The van der Waals surface area contributed by atoms with Crippen LogP contribution in [-0.4, -0.2) is 63.2 Å². The Morgan fingerprint density at radius 1 is 1.40 bits per heavy atom. The zero-order valence-electron chi connectivity index (χ0n) is 15.2. The van der Waals surface area contributed by atoms with E-state index in [1.54, 1.807) is 18.7 Å². The normalized spacial score (nSPS) is 15.8. The number of carbonyl (C=O) groups is 2. The molecule has 0 saturated carbocycles. The van der Waals surface area contributed by atoms with Crippen LogP contribution in [0.4, 0.5) is 5.95 Å². The summed E-state index contributed by atoms with van der Waals surface area (Å²) in [6, 6.07) is 0.138. The summed E-state index contributed by atoms with van der Waals surface area (Å²) in [6.07, 6.45) is 2.95. The summed E-state index contributed by atoms with van der Waals surface area (Å²) in [5, 5.41) is 13.1. The third-order valence-electron chi connectivity index (χ3n) is 4.11. The van der Waals surface area contributed by atoms with Crippen LogP contribution in [-0.2, 0) is 9.53 Å². The van der Waals surface area contributed by atoms with Crippen molar-refractivity contribution in [3.8, 4) is 0 Å². The molecular formula is C17H26N4O4. The lowest BCUT2D eigenvalue weighted by molar-refractivity contribution is -0.148. The van der Waals surface area contributed by atoms with Gasteiger partial charge in [-0.05, 0) is 40.5 Å². The molecule has 138 valence electrons. The maximum atomic E-state index is 12.1. The Kier molecular flexibility index (Phi) is 5.94. The van der Waals surface area contributed by atoms with E-state index in [1.165, 1.54) is 20.0 Å². The summed E-state index contributed by atoms with van der Waals surface area (Å²) in [5.41, 5.74) is -0.424. The lowest BCUT2D eigenvalue weighted by Crippen LogP contribution is -2.50. The smallest absolute Gasteiger partial charge is 0.341 e. The fourth-order valence-electron chi connectivity index (χ4n) is 2.74. The molecule has 1 aliphatic rings. The van der Waals surface area contributed by atoms with E-state index in [0.717, 1.165) is 12.8 Å². The lowest BCUT2D eigenvalue weighted by atomic mass is 10.0. The molecule has 1 saturated heterocycles. The summed E-state index contributed by atoms with van der Waals surface area (Å²) in [4.78, 5) is 34.0. The van der Waals surface area contributed by atoms with Gasteiger partial charge in [0.25, 0.3) is 5.91 Å². The zero-order valence-corrected chi connectivity index (χ0v) is 15.2. The predicted octanol–water partition coefficient (Wildman–Crippen LogP) is 1.14. The molecule has 8 heteroatoms. The van der Waals surface area contributed by atoms with Gasteiger partial charge in [0.05, 0.1) is 17.9 Å². The molecule has 0 aromatic carbocycles. The Bertz CT molecular complexity index is 634. The number of piperidine rings is 1. The van der Waals surface area contributed by atoms with Crippen molar-refractivity contribution in [1.29, 1.82) is 0 Å². The fraction of sp³-hybridized carbons (Fsp3) is 0.647. The number of hydrogen-bond acceptors (Lipinski definition) is 7. The van der Waals surface area contributed by atoms with Gasteiger partial charge in [-0.1, -0.05) is 0 Å². The number of esters is 1. The average molecular weight is 350 g/mol. The number of nitrogens with one attached hydrogen (secondary N) is 1. The van der Waals surface area contributed by atoms with Crippen molar-refractivity contribution in [3.05, 3.63) is 17.5 Å². The van der Waals surface area contributed by atoms with Gasteiger partial charge in [-0.25, -0.2) is 14.8 Å². The van der Waals surface area contributed by atoms with Gasteiger partial charge in [-0.3, -0.25) is 4.79 Å². The second-order valence-electron chi connectivity index (χ2n) is 6.68. The third kappa shape index (κ3) is 4.88. The molecule has 0 bridgehead atoms. The summed E-state index contributed by atoms with van der Waals surface area (Å²) in [6.45, 7) is 7.94. The van der Waals surface area contributed by atoms with Crippen LogP contribution < -0.4 is 5.32 Å². The van der Waals surface area contributed by atoms with Crippen LogP contribution in [0.15, 0.2) is 6.20 Å². The zero-order chi connectivity index (χ0) is 18.6. The maximum absolute atomic E-state index is 12.1. The standard InChI is InChI=1S/C17H26N4O4/c1-5-25-14(22)13-10-18-16(19-11(13)2)20-12-6-8-21(9-7-12)15(23)17(3,4)24/h10,12,24H,5-9H2,1-4H3,(H,18,19,20). The van der Waals surface area contributed by atoms with Crippen LogP contribution in [0.25, 0.3) is 0 Å². The van der Waals surface area contributed by atoms with Crippen LogP contribution in [0.2, 0.25) is 0 Å². The van der Waals surface area contributed by atoms with Crippen LogP contribution in [0.3, 0.4) is 0 Å². The highest BCUT2D eigenvalue weighted by Gasteiger charge is 2.32. The molecule has 1 aliphatic heterocycles. The van der Waals surface area contributed by atoms with E-state index >= 15 is 0 Å². The molecular weight excluding hydrogens is 324 g/mol. The molecule has 1 fully saturated rings. The first kappa shape index (κ1) is 19.1. The van der Waals surface area contributed by atoms with E-state index in [9.17, 15) is 14.7 Å². The van der Waals surface area contributed by atoms with Crippen molar-refractivity contribution in [2.24, 2.45) is 0 Å². The molecule has 2 heterocycles. The summed E-state index contributed by atoms with van der Waals surface area (Å²) < 4.78 is 4.96. The topological polar surface area (TPSA) is 105 Å². The molecule has 8 nitrogen and oxygen atoms in total. The summed E-state index contributed by atoms with van der Waals surface area (Å²) in [7, 11) is 0. The highest BCUT2D eigenvalue weighted by molar-refractivity contribution is 5.90. The van der Waals surface area contributed by atoms with Gasteiger partial charge in [-0.15, -0.1) is 0 Å². The molecule has 25 heavy (non-hydrogen) atoms. The Morgan fingerprint density at radius 2 is 2.04 bits per heavy atom. The van der Waals surface area contributed by atoms with Gasteiger partial charge in [-0.2, -0.15) is 0 Å². The minimum absolute atomic E-state index is 0.138. The molecule has 0 spiro atoms. The molecule has 2 N–H and O–H groups in total. The Balaban J connectivity index is 1.93. The Hall–Kier alpha value is -2.22. The Morgan fingerprint density at radius 3 is 2.56 bits per heavy atom. The predicted molar refractivity (Wildman–Crippen MR) is 92.2 cm³/mol. The number of likely N-dealkylation sites (tertiary alicyclic amines) is 1. The number of rotatable bonds is 5. The minimum Gasteiger partial charge on any atom is -0.462 e. The van der Waals surface area contributed by atoms with Crippen molar-refractivity contribution in [2.75, 3.05) is 25.0 Å². The second-order valence-corrected chi connectivity index (χ2v) is 6.68. The van der Waals surface area contributed by atoms with Crippen molar-refractivity contribution < 1.29 is 19.4 Å². The van der Waals surface area contributed by atoms with Gasteiger partial charge < -0.3 is 20.1 Å². The minimum atomic E-state index is -1.34. The van der Waals surface area contributed by atoms with Gasteiger partial charge in [0, 0.05) is 25.3 Å². The number of ether oxygens (including phenoxy) is 1. The molecule has 2 rings (SSSR count). The van der Waals surface area contributed by atoms with Gasteiger partial charge >= 0.3 is 5.97 Å². The lowest BCUT2D eigenvalue weighted by Gasteiger charge is -2.35. The molecule has 0 aliphatic carbocycles. The number of aryl methyl sites for hydroxylation is 1. The Labute approximate surface area is 147 Å². The van der Waals surface area contributed by atoms with Crippen LogP contribution in [0.5, 0.6) is 0 Å². The fourth-order valence-corrected chi connectivity index (χ4v) is 2.74. The summed E-state index contributed by atoms with van der Waals surface area (Å²) in [5.74, 6) is -0.223. The average Bonchev–Trinajstić information content (AvgIpc) is 2.54. The summed E-state index contributed by atoms with van der Waals surface area (Å²) >= 11 is 0. The van der Waals surface area contributed by atoms with E-state index in [4.69, 9.17) is 4.74 Å². The first-order valence-electron chi connectivity index (χ1n) is 8.51. The molecule has 1 aromatic heterocycles. The molecule has 0 unspecified atom stereocenters. The number of nitrogens with zero attached hydrogens (tertiary/aromatic N) is 3. The molecule has 1 aromatic rings. The van der Waals surface area contributed by atoms with E-state index in [0.29, 0.717) is 36.9 Å². The van der Waals surface area contributed by atoms with E-state index in [1.807, 2.05) is 0 Å². The number of anilines is 1. The van der Waals surface area contributed by atoms with E-state index in [-0.39, 0.29) is 11.9 Å². The third-order valence-corrected chi connectivity index (χ3v) is 4.11. The van der Waals surface area contributed by atoms with Gasteiger partial charge in [0.15, 0.2) is 0 Å². The maximum Gasteiger partial charge on any atom is 0.341 e. The first-order chi connectivity index (χ1) is 11.7. The van der Waals surface area contributed by atoms with Crippen LogP contribution in [0.1, 0.15) is 49.7 Å². The van der Waals surface area contributed by atoms with Gasteiger partial charge in [0.2, 0.25) is 5.95 Å². The van der Waals surface area contributed by atoms with Crippen molar-refractivity contribution >= 4 is 17.8 Å². The highest BCUT2D eigenvalue weighted by Crippen LogP contribution is 2.18. The van der Waals surface area contributed by atoms with Gasteiger partial charge in [0.1, 0.15) is 5.60 Å². The van der Waals surface area contributed by atoms with Crippen molar-refractivity contribution in [2.45, 2.75) is 52.2 Å². The quantitative estimate of drug-likeness (QED) is 0.767. The number of carbonyl (C=O) groups excluding carboxylic acids is 2. The molecule has 0 atom stereocenters. The largest absolute Gasteiger partial charge is 0.462 e. The van der Waals surface area contributed by atoms with E-state index < -0.39 is 11.6 Å². The SMILES string of the molecule is CCOC(=O)c1cnc(NC2CCN(C(=O)C(C)(C)O)CC2)nc1C. The van der Waals surface area contributed by atoms with Crippen LogP contribution in [0, 0.1) is 6.92 Å². The number of aromatic nitrogens is 2. The highest BCUT2D eigenvalue weighted by atomic mass is 16.5. The molecule has 0 radical (unpaired) electrons. The van der Waals surface area contributed by atoms with Crippen LogP contribution >= 0.6 is 0 Å². The number of aliphatic hydroxyl groups is 1. The van der Waals surface area contributed by atoms with E-state index in [2.05, 4.69) is 15.3 Å². The first-order valence-corrected chi connectivity index (χ1v) is 8.51. The number of hydrogen-bond donors (Lipinski definition) is 2. The van der Waals surface area contributed by atoms with Crippen molar-refractivity contribution in [1.82, 2.24) is 14.9 Å².